The number of nitrogens with two attached hydrogens (primary N) is 2. The van der Waals surface area contributed by atoms with Gasteiger partial charge < -0.3 is 21.5 Å². The molecule has 0 aliphatic carbocycles. The number of carbonyl (C=O) groups excluding carboxylic acids is 1. The van der Waals surface area contributed by atoms with Crippen LogP contribution in [-0.4, -0.2) is 24.7 Å². The number of hydrogen-bond acceptors (Lipinski definition) is 4. The topological polar surface area (TPSA) is 90.4 Å². The molecule has 1 heterocycles. The third-order valence-corrected chi connectivity index (χ3v) is 3.16. The number of amides is 1. The fourth-order valence-electron chi connectivity index (χ4n) is 2.15. The second-order valence-corrected chi connectivity index (χ2v) is 4.97. The van der Waals surface area contributed by atoms with Crippen LogP contribution in [0.2, 0.25) is 0 Å². The highest BCUT2D eigenvalue weighted by Crippen LogP contribution is 2.24. The molecule has 0 spiro atoms. The predicted octanol–water partition coefficient (Wildman–Crippen LogP) is 1.15. The molecule has 5 N–H and O–H groups in total. The summed E-state index contributed by atoms with van der Waals surface area (Å²) in [5.41, 5.74) is 12.5. The van der Waals surface area contributed by atoms with Gasteiger partial charge in [0.2, 0.25) is 0 Å². The summed E-state index contributed by atoms with van der Waals surface area (Å²) >= 11 is 0. The van der Waals surface area contributed by atoms with Gasteiger partial charge in [-0.2, -0.15) is 0 Å². The summed E-state index contributed by atoms with van der Waals surface area (Å²) in [6.45, 7) is 3.27. The average molecular weight is 249 g/mol. The zero-order valence-electron chi connectivity index (χ0n) is 10.5. The molecule has 18 heavy (non-hydrogen) atoms. The number of hydrogen-bond donors (Lipinski definition) is 3. The Bertz CT molecular complexity index is 433. The summed E-state index contributed by atoms with van der Waals surface area (Å²) in [6.07, 6.45) is 2.00. The average Bonchev–Trinajstić information content (AvgIpc) is 2.72. The van der Waals surface area contributed by atoms with Crippen molar-refractivity contribution in [2.45, 2.75) is 25.4 Å². The first kappa shape index (κ1) is 12.7. The molecule has 5 nitrogen and oxygen atoms in total. The van der Waals surface area contributed by atoms with E-state index in [2.05, 4.69) is 5.32 Å². The largest absolute Gasteiger partial charge is 0.399 e. The Balaban J connectivity index is 1.99. The first-order valence-electron chi connectivity index (χ1n) is 6.07. The van der Waals surface area contributed by atoms with Gasteiger partial charge >= 0.3 is 0 Å². The maximum absolute atomic E-state index is 12.0. The number of carbonyl (C=O) groups is 1. The third kappa shape index (κ3) is 2.92. The lowest BCUT2D eigenvalue weighted by molar-refractivity contribution is 0.0206. The lowest BCUT2D eigenvalue weighted by Crippen LogP contribution is -2.40. The van der Waals surface area contributed by atoms with Crippen molar-refractivity contribution < 1.29 is 9.53 Å². The summed E-state index contributed by atoms with van der Waals surface area (Å²) in [6, 6.07) is 4.85. The van der Waals surface area contributed by atoms with Crippen LogP contribution in [0.5, 0.6) is 0 Å². The van der Waals surface area contributed by atoms with Crippen molar-refractivity contribution in [1.29, 1.82) is 0 Å². The number of ether oxygens (including phenoxy) is 1. The summed E-state index contributed by atoms with van der Waals surface area (Å²) < 4.78 is 5.61. The highest BCUT2D eigenvalue weighted by Gasteiger charge is 2.30. The molecular formula is C13H19N3O2. The second-order valence-electron chi connectivity index (χ2n) is 4.97. The van der Waals surface area contributed by atoms with E-state index in [1.807, 2.05) is 6.92 Å². The minimum Gasteiger partial charge on any atom is -0.399 e. The molecule has 1 aliphatic rings. The van der Waals surface area contributed by atoms with E-state index in [0.29, 0.717) is 23.5 Å². The van der Waals surface area contributed by atoms with Crippen LogP contribution in [0.15, 0.2) is 18.2 Å². The zero-order chi connectivity index (χ0) is 13.2. The summed E-state index contributed by atoms with van der Waals surface area (Å²) in [5, 5.41) is 2.86. The van der Waals surface area contributed by atoms with E-state index < -0.39 is 0 Å². The predicted molar refractivity (Wildman–Crippen MR) is 71.2 cm³/mol. The van der Waals surface area contributed by atoms with Crippen LogP contribution in [0.25, 0.3) is 0 Å². The van der Waals surface area contributed by atoms with Crippen LogP contribution in [0.4, 0.5) is 11.4 Å². The van der Waals surface area contributed by atoms with E-state index in [1.165, 1.54) is 0 Å². The van der Waals surface area contributed by atoms with Crippen LogP contribution < -0.4 is 16.8 Å². The van der Waals surface area contributed by atoms with Gasteiger partial charge in [-0.1, -0.05) is 0 Å². The van der Waals surface area contributed by atoms with Gasteiger partial charge in [-0.25, -0.2) is 0 Å². The van der Waals surface area contributed by atoms with E-state index in [-0.39, 0.29) is 11.5 Å². The summed E-state index contributed by atoms with van der Waals surface area (Å²) in [5.74, 6) is -0.175. The Morgan fingerprint density at radius 2 is 2.06 bits per heavy atom. The van der Waals surface area contributed by atoms with E-state index in [1.54, 1.807) is 18.2 Å². The van der Waals surface area contributed by atoms with Crippen LogP contribution in [0.3, 0.4) is 0 Å². The molecule has 0 radical (unpaired) electrons. The number of benzene rings is 1. The van der Waals surface area contributed by atoms with Crippen molar-refractivity contribution in [1.82, 2.24) is 5.32 Å². The molecule has 2 rings (SSSR count). The molecular weight excluding hydrogens is 230 g/mol. The van der Waals surface area contributed by atoms with Gasteiger partial charge in [-0.15, -0.1) is 0 Å². The maximum atomic E-state index is 12.0. The van der Waals surface area contributed by atoms with E-state index >= 15 is 0 Å². The fraction of sp³-hybridized carbons (Fsp3) is 0.462. The summed E-state index contributed by atoms with van der Waals surface area (Å²) in [4.78, 5) is 12.0. The van der Waals surface area contributed by atoms with Gasteiger partial charge in [0.15, 0.2) is 0 Å². The number of nitrogens with one attached hydrogen (secondary N) is 1. The first-order valence-corrected chi connectivity index (χ1v) is 6.07. The molecule has 98 valence electrons. The van der Waals surface area contributed by atoms with Crippen molar-refractivity contribution in [3.8, 4) is 0 Å². The van der Waals surface area contributed by atoms with Crippen LogP contribution in [-0.2, 0) is 4.74 Å². The number of nitrogen functional groups attached to an aromatic ring is 2. The Labute approximate surface area is 106 Å². The monoisotopic (exact) mass is 249 g/mol. The van der Waals surface area contributed by atoms with Crippen LogP contribution in [0.1, 0.15) is 30.1 Å². The molecule has 1 amide bonds. The molecule has 1 aromatic carbocycles. The Morgan fingerprint density at radius 3 is 2.61 bits per heavy atom. The van der Waals surface area contributed by atoms with Crippen LogP contribution >= 0.6 is 0 Å². The lowest BCUT2D eigenvalue weighted by atomic mass is 10.0. The molecule has 1 atom stereocenters. The Morgan fingerprint density at radius 1 is 1.39 bits per heavy atom. The van der Waals surface area contributed by atoms with Crippen molar-refractivity contribution in [2.24, 2.45) is 0 Å². The van der Waals surface area contributed by atoms with Gasteiger partial charge in [0, 0.05) is 30.1 Å². The smallest absolute Gasteiger partial charge is 0.251 e. The van der Waals surface area contributed by atoms with Crippen molar-refractivity contribution in [3.05, 3.63) is 23.8 Å². The SMILES string of the molecule is CC1(CNC(=O)c2cc(N)cc(N)c2)CCCO1. The maximum Gasteiger partial charge on any atom is 0.251 e. The highest BCUT2D eigenvalue weighted by molar-refractivity contribution is 5.96. The molecule has 0 aromatic heterocycles. The molecule has 0 bridgehead atoms. The zero-order valence-corrected chi connectivity index (χ0v) is 10.5. The number of rotatable bonds is 3. The third-order valence-electron chi connectivity index (χ3n) is 3.16. The standard InChI is InChI=1S/C13H19N3O2/c1-13(3-2-4-18-13)8-16-12(17)9-5-10(14)7-11(15)6-9/h5-7H,2-4,8,14-15H2,1H3,(H,16,17). The second kappa shape index (κ2) is 4.86. The molecule has 1 unspecified atom stereocenters. The Hall–Kier alpha value is -1.75. The van der Waals surface area contributed by atoms with E-state index in [4.69, 9.17) is 16.2 Å². The minimum absolute atomic E-state index is 0.175. The number of anilines is 2. The first-order chi connectivity index (χ1) is 8.48. The van der Waals surface area contributed by atoms with Crippen molar-refractivity contribution >= 4 is 17.3 Å². The molecule has 5 heteroatoms. The van der Waals surface area contributed by atoms with Gasteiger partial charge in [0.25, 0.3) is 5.91 Å². The van der Waals surface area contributed by atoms with Gasteiger partial charge in [0.1, 0.15) is 0 Å². The van der Waals surface area contributed by atoms with Crippen molar-refractivity contribution in [3.63, 3.8) is 0 Å². The normalized spacial score (nSPS) is 22.9. The summed E-state index contributed by atoms with van der Waals surface area (Å²) in [7, 11) is 0. The molecule has 1 saturated heterocycles. The highest BCUT2D eigenvalue weighted by atomic mass is 16.5. The van der Waals surface area contributed by atoms with Crippen LogP contribution in [0, 0.1) is 0 Å². The lowest BCUT2D eigenvalue weighted by Gasteiger charge is -2.23. The van der Waals surface area contributed by atoms with Crippen molar-refractivity contribution in [2.75, 3.05) is 24.6 Å². The van der Waals surface area contributed by atoms with Gasteiger partial charge in [-0.05, 0) is 38.0 Å². The fourth-order valence-corrected chi connectivity index (χ4v) is 2.15. The van der Waals surface area contributed by atoms with Gasteiger partial charge in [-0.3, -0.25) is 4.79 Å². The van der Waals surface area contributed by atoms with E-state index in [0.717, 1.165) is 19.4 Å². The minimum atomic E-state index is -0.248. The quantitative estimate of drug-likeness (QED) is 0.701. The molecule has 1 fully saturated rings. The Kier molecular flexibility index (Phi) is 3.43. The van der Waals surface area contributed by atoms with Gasteiger partial charge in [0.05, 0.1) is 5.60 Å². The molecule has 0 saturated carbocycles. The molecule has 1 aliphatic heterocycles. The molecule has 1 aromatic rings. The van der Waals surface area contributed by atoms with E-state index in [9.17, 15) is 4.79 Å².